The average molecular weight is 426 g/mol. The highest BCUT2D eigenvalue weighted by molar-refractivity contribution is 7.89. The number of hydrogen-bond donors (Lipinski definition) is 0. The van der Waals surface area contributed by atoms with Crippen LogP contribution in [0.3, 0.4) is 0 Å². The molecule has 1 aliphatic rings. The zero-order valence-electron chi connectivity index (χ0n) is 17.8. The van der Waals surface area contributed by atoms with Crippen molar-refractivity contribution in [2.75, 3.05) is 13.1 Å². The van der Waals surface area contributed by atoms with Gasteiger partial charge in [-0.25, -0.2) is 8.42 Å². The Balaban J connectivity index is 2.03. The monoisotopic (exact) mass is 425 g/mol. The van der Waals surface area contributed by atoms with Crippen molar-refractivity contribution in [1.29, 1.82) is 0 Å². The summed E-state index contributed by atoms with van der Waals surface area (Å²) >= 11 is 0. The molecular weight excluding hydrogens is 398 g/mol. The molecule has 2 aromatic rings. The molecule has 1 saturated heterocycles. The Morgan fingerprint density at radius 3 is 2.27 bits per heavy atom. The van der Waals surface area contributed by atoms with Crippen molar-refractivity contribution < 1.29 is 17.9 Å². The smallest absolute Gasteiger partial charge is 0.303 e. The quantitative estimate of drug-likeness (QED) is 0.526. The number of carbonyl (C=O) groups is 1. The van der Waals surface area contributed by atoms with Crippen LogP contribution in [0, 0.1) is 12.8 Å². The fourth-order valence-electron chi connectivity index (χ4n) is 3.68. The molecule has 1 fully saturated rings. The van der Waals surface area contributed by atoms with Gasteiger partial charge in [-0.3, -0.25) is 4.79 Å². The van der Waals surface area contributed by atoms with Gasteiger partial charge in [0.25, 0.3) is 0 Å². The van der Waals surface area contributed by atoms with Gasteiger partial charge in [-0.1, -0.05) is 48.0 Å². The van der Waals surface area contributed by atoms with E-state index in [2.05, 4.69) is 5.73 Å². The topological polar surface area (TPSA) is 63.7 Å². The van der Waals surface area contributed by atoms with Crippen molar-refractivity contribution in [2.45, 2.75) is 38.7 Å². The second kappa shape index (κ2) is 9.00. The fourth-order valence-corrected chi connectivity index (χ4v) is 5.12. The fraction of sp³-hybridized carbons (Fsp3) is 0.333. The molecule has 158 valence electrons. The van der Waals surface area contributed by atoms with E-state index in [1.807, 2.05) is 51.1 Å². The standard InChI is InChI=1S/C24H27NO4S/c1-17(2)14-21-15-25(30(27,28)22-12-10-18(3)11-13-22)16-23(21)24(29-19(4)26)20-8-6-5-7-9-20/h5-13,23-24H,15-16H2,1-4H3/t23-,24-/m1/s1. The molecule has 2 atom stereocenters. The van der Waals surface area contributed by atoms with Gasteiger partial charge in [0.05, 0.1) is 4.90 Å². The van der Waals surface area contributed by atoms with Crippen LogP contribution in [0.15, 0.2) is 76.4 Å². The van der Waals surface area contributed by atoms with E-state index in [4.69, 9.17) is 4.74 Å². The van der Waals surface area contributed by atoms with Gasteiger partial charge < -0.3 is 4.74 Å². The van der Waals surface area contributed by atoms with Crippen molar-refractivity contribution in [3.05, 3.63) is 82.6 Å². The van der Waals surface area contributed by atoms with E-state index in [0.717, 1.165) is 22.3 Å². The molecule has 0 aromatic heterocycles. The molecule has 1 aliphatic heterocycles. The van der Waals surface area contributed by atoms with Gasteiger partial charge in [-0.15, -0.1) is 5.73 Å². The molecule has 0 spiro atoms. The average Bonchev–Trinajstić information content (AvgIpc) is 3.10. The highest BCUT2D eigenvalue weighted by Gasteiger charge is 2.41. The van der Waals surface area contributed by atoms with Crippen LogP contribution in [0.2, 0.25) is 0 Å². The maximum atomic E-state index is 13.3. The largest absolute Gasteiger partial charge is 0.457 e. The highest BCUT2D eigenvalue weighted by atomic mass is 32.2. The minimum Gasteiger partial charge on any atom is -0.457 e. The van der Waals surface area contributed by atoms with Gasteiger partial charge in [0.2, 0.25) is 10.0 Å². The first-order chi connectivity index (χ1) is 14.2. The van der Waals surface area contributed by atoms with Crippen LogP contribution >= 0.6 is 0 Å². The predicted octanol–water partition coefficient (Wildman–Crippen LogP) is 4.41. The molecule has 30 heavy (non-hydrogen) atoms. The molecule has 0 aliphatic carbocycles. The summed E-state index contributed by atoms with van der Waals surface area (Å²) in [5.41, 5.74) is 6.91. The summed E-state index contributed by atoms with van der Waals surface area (Å²) in [4.78, 5) is 12.1. The van der Waals surface area contributed by atoms with Gasteiger partial charge >= 0.3 is 5.97 Å². The Hall–Kier alpha value is -2.66. The van der Waals surface area contributed by atoms with E-state index in [-0.39, 0.29) is 23.9 Å². The first kappa shape index (κ1) is 22.0. The Morgan fingerprint density at radius 1 is 1.07 bits per heavy atom. The van der Waals surface area contributed by atoms with Crippen LogP contribution in [0.25, 0.3) is 0 Å². The van der Waals surface area contributed by atoms with E-state index in [1.165, 1.54) is 11.2 Å². The lowest BCUT2D eigenvalue weighted by molar-refractivity contribution is -0.148. The molecule has 2 aromatic carbocycles. The molecule has 3 rings (SSSR count). The number of hydrogen-bond acceptors (Lipinski definition) is 4. The lowest BCUT2D eigenvalue weighted by Gasteiger charge is -2.24. The van der Waals surface area contributed by atoms with Crippen molar-refractivity contribution in [3.63, 3.8) is 0 Å². The van der Waals surface area contributed by atoms with Crippen molar-refractivity contribution >= 4 is 16.0 Å². The Kier molecular flexibility index (Phi) is 6.61. The first-order valence-electron chi connectivity index (χ1n) is 9.90. The van der Waals surface area contributed by atoms with Crippen molar-refractivity contribution in [1.82, 2.24) is 4.31 Å². The van der Waals surface area contributed by atoms with Gasteiger partial charge in [0, 0.05) is 25.9 Å². The second-order valence-corrected chi connectivity index (χ2v) is 9.75. The third-order valence-corrected chi connectivity index (χ3v) is 6.88. The number of benzene rings is 2. The summed E-state index contributed by atoms with van der Waals surface area (Å²) in [5, 5.41) is 0. The lowest BCUT2D eigenvalue weighted by atomic mass is 9.91. The van der Waals surface area contributed by atoms with E-state index in [0.29, 0.717) is 0 Å². The van der Waals surface area contributed by atoms with Crippen LogP contribution in [0.4, 0.5) is 0 Å². The third-order valence-electron chi connectivity index (χ3n) is 5.05. The first-order valence-corrected chi connectivity index (χ1v) is 11.3. The van der Waals surface area contributed by atoms with E-state index in [1.54, 1.807) is 24.3 Å². The summed E-state index contributed by atoms with van der Waals surface area (Å²) in [7, 11) is -3.68. The van der Waals surface area contributed by atoms with Crippen LogP contribution < -0.4 is 0 Å². The molecule has 0 N–H and O–H groups in total. The summed E-state index contributed by atoms with van der Waals surface area (Å²) in [6.45, 7) is 7.57. The number of carbonyl (C=O) groups excluding carboxylic acids is 1. The lowest BCUT2D eigenvalue weighted by Crippen LogP contribution is -2.30. The van der Waals surface area contributed by atoms with E-state index < -0.39 is 22.1 Å². The number of nitrogens with zero attached hydrogens (tertiary/aromatic N) is 1. The summed E-state index contributed by atoms with van der Waals surface area (Å²) in [6.07, 6.45) is -0.580. The molecule has 0 radical (unpaired) electrons. The summed E-state index contributed by atoms with van der Waals surface area (Å²) in [6, 6.07) is 16.3. The van der Waals surface area contributed by atoms with Crippen molar-refractivity contribution in [3.8, 4) is 0 Å². The molecule has 5 nitrogen and oxygen atoms in total. The number of sulfonamides is 1. The number of rotatable bonds is 5. The molecule has 0 saturated carbocycles. The number of aryl methyl sites for hydroxylation is 1. The van der Waals surface area contributed by atoms with Crippen LogP contribution in [-0.4, -0.2) is 31.8 Å². The highest BCUT2D eigenvalue weighted by Crippen LogP contribution is 2.38. The van der Waals surface area contributed by atoms with Gasteiger partial charge in [0.15, 0.2) is 0 Å². The number of ether oxygens (including phenoxy) is 1. The third kappa shape index (κ3) is 4.90. The van der Waals surface area contributed by atoms with E-state index in [9.17, 15) is 13.2 Å². The maximum absolute atomic E-state index is 13.3. The molecule has 1 heterocycles. The van der Waals surface area contributed by atoms with E-state index >= 15 is 0 Å². The minimum absolute atomic E-state index is 0.219. The van der Waals surface area contributed by atoms with Gasteiger partial charge in [-0.2, -0.15) is 4.31 Å². The summed E-state index contributed by atoms with van der Waals surface area (Å²) in [5.74, 6) is -0.716. The summed E-state index contributed by atoms with van der Waals surface area (Å²) < 4.78 is 33.7. The molecule has 0 unspecified atom stereocenters. The maximum Gasteiger partial charge on any atom is 0.303 e. The van der Waals surface area contributed by atoms with Crippen molar-refractivity contribution in [2.24, 2.45) is 5.92 Å². The Labute approximate surface area is 178 Å². The zero-order chi connectivity index (χ0) is 21.9. The number of esters is 1. The predicted molar refractivity (Wildman–Crippen MR) is 116 cm³/mol. The van der Waals surface area contributed by atoms with Crippen LogP contribution in [0.1, 0.15) is 38.0 Å². The Morgan fingerprint density at radius 2 is 1.70 bits per heavy atom. The zero-order valence-corrected chi connectivity index (χ0v) is 18.6. The van der Waals surface area contributed by atoms with Gasteiger partial charge in [0.1, 0.15) is 6.10 Å². The van der Waals surface area contributed by atoms with Gasteiger partial charge in [-0.05, 0) is 49.6 Å². The van der Waals surface area contributed by atoms with Crippen LogP contribution in [0.5, 0.6) is 0 Å². The second-order valence-electron chi connectivity index (χ2n) is 7.81. The van der Waals surface area contributed by atoms with Crippen LogP contribution in [-0.2, 0) is 19.6 Å². The normalized spacial score (nSPS) is 18.0. The molecule has 0 amide bonds. The molecule has 6 heteroatoms. The minimum atomic E-state index is -3.68. The molecular formula is C24H27NO4S. The molecule has 0 bridgehead atoms. The Bertz CT molecular complexity index is 1080. The SMILES string of the molecule is CC(=O)O[C@H](c1ccccc1)[C@@H]1CN(S(=O)(=O)c2ccc(C)cc2)CC1=C=C(C)C.